The summed E-state index contributed by atoms with van der Waals surface area (Å²) in [5.74, 6) is 0.503. The first-order valence-corrected chi connectivity index (χ1v) is 6.35. The van der Waals surface area contributed by atoms with Crippen LogP contribution in [0.2, 0.25) is 0 Å². The van der Waals surface area contributed by atoms with Crippen molar-refractivity contribution in [3.05, 3.63) is 29.5 Å². The number of aromatic nitrogens is 1. The van der Waals surface area contributed by atoms with Gasteiger partial charge in [-0.2, -0.15) is 5.26 Å². The maximum absolute atomic E-state index is 9.60. The lowest BCUT2D eigenvalue weighted by Crippen LogP contribution is -2.05. The third-order valence-electron chi connectivity index (χ3n) is 3.19. The number of phenolic OH excluding ortho intramolecular Hbond substituents is 1. The summed E-state index contributed by atoms with van der Waals surface area (Å²) < 4.78 is 2.21. The molecule has 1 N–H and O–H groups in total. The molecule has 0 unspecified atom stereocenters. The number of benzene rings is 1. The van der Waals surface area contributed by atoms with Crippen LogP contribution in [0, 0.1) is 11.3 Å². The summed E-state index contributed by atoms with van der Waals surface area (Å²) in [4.78, 5) is 0. The summed E-state index contributed by atoms with van der Waals surface area (Å²) in [5, 5.41) is 19.8. The minimum absolute atomic E-state index is 0.211. The number of fused-ring (bicyclic) bond motifs is 1. The third-order valence-corrected chi connectivity index (χ3v) is 3.19. The minimum atomic E-state index is 0.211. The Bertz CT molecular complexity index is 617. The Morgan fingerprint density at radius 1 is 1.39 bits per heavy atom. The van der Waals surface area contributed by atoms with E-state index in [1.165, 1.54) is 0 Å². The SMILES string of the molecule is CCCn1c(C(C)C)c(C#N)c2cc(O)ccc21. The van der Waals surface area contributed by atoms with E-state index in [0.29, 0.717) is 11.5 Å². The molecule has 0 saturated heterocycles. The quantitative estimate of drug-likeness (QED) is 0.891. The van der Waals surface area contributed by atoms with Crippen LogP contribution in [0.4, 0.5) is 0 Å². The molecule has 0 amide bonds. The maximum atomic E-state index is 9.60. The van der Waals surface area contributed by atoms with E-state index in [0.717, 1.165) is 29.6 Å². The zero-order valence-electron chi connectivity index (χ0n) is 11.1. The Labute approximate surface area is 107 Å². The molecule has 0 atom stereocenters. The van der Waals surface area contributed by atoms with Gasteiger partial charge in [0.05, 0.1) is 5.56 Å². The fourth-order valence-electron chi connectivity index (χ4n) is 2.54. The first-order chi connectivity index (χ1) is 8.60. The number of phenols is 1. The largest absolute Gasteiger partial charge is 0.508 e. The van der Waals surface area contributed by atoms with Crippen LogP contribution in [0.25, 0.3) is 10.9 Å². The van der Waals surface area contributed by atoms with Gasteiger partial charge in [-0.25, -0.2) is 0 Å². The number of nitrogens with zero attached hydrogens (tertiary/aromatic N) is 2. The molecule has 3 heteroatoms. The van der Waals surface area contributed by atoms with Crippen LogP contribution in [-0.4, -0.2) is 9.67 Å². The molecule has 0 aliphatic rings. The van der Waals surface area contributed by atoms with Crippen molar-refractivity contribution >= 4 is 10.9 Å². The second-order valence-corrected chi connectivity index (χ2v) is 4.88. The van der Waals surface area contributed by atoms with Crippen LogP contribution < -0.4 is 0 Å². The molecular weight excluding hydrogens is 224 g/mol. The van der Waals surface area contributed by atoms with E-state index in [9.17, 15) is 10.4 Å². The van der Waals surface area contributed by atoms with Gasteiger partial charge in [0.15, 0.2) is 0 Å². The molecule has 1 heterocycles. The number of nitriles is 1. The molecular formula is C15H18N2O. The van der Waals surface area contributed by atoms with Crippen molar-refractivity contribution < 1.29 is 5.11 Å². The molecule has 0 radical (unpaired) electrons. The van der Waals surface area contributed by atoms with Gasteiger partial charge in [0.2, 0.25) is 0 Å². The van der Waals surface area contributed by atoms with Crippen LogP contribution in [0.15, 0.2) is 18.2 Å². The van der Waals surface area contributed by atoms with Gasteiger partial charge in [-0.15, -0.1) is 0 Å². The van der Waals surface area contributed by atoms with Crippen molar-refractivity contribution in [2.24, 2.45) is 0 Å². The Kier molecular flexibility index (Phi) is 3.29. The summed E-state index contributed by atoms with van der Waals surface area (Å²) in [5.41, 5.74) is 2.80. The first-order valence-electron chi connectivity index (χ1n) is 6.35. The first kappa shape index (κ1) is 12.5. The number of hydrogen-bond acceptors (Lipinski definition) is 2. The normalized spacial score (nSPS) is 11.1. The molecule has 18 heavy (non-hydrogen) atoms. The lowest BCUT2D eigenvalue weighted by atomic mass is 10.0. The fraction of sp³-hybridized carbons (Fsp3) is 0.400. The highest BCUT2D eigenvalue weighted by molar-refractivity contribution is 5.89. The predicted molar refractivity (Wildman–Crippen MR) is 72.7 cm³/mol. The molecule has 2 rings (SSSR count). The van der Waals surface area contributed by atoms with Gasteiger partial charge in [-0.1, -0.05) is 20.8 Å². The van der Waals surface area contributed by atoms with Crippen molar-refractivity contribution in [2.75, 3.05) is 0 Å². The van der Waals surface area contributed by atoms with Gasteiger partial charge >= 0.3 is 0 Å². The van der Waals surface area contributed by atoms with E-state index in [1.54, 1.807) is 12.1 Å². The predicted octanol–water partition coefficient (Wildman–Crippen LogP) is 3.75. The van der Waals surface area contributed by atoms with Crippen LogP contribution in [0.3, 0.4) is 0 Å². The van der Waals surface area contributed by atoms with Crippen molar-refractivity contribution in [2.45, 2.75) is 39.7 Å². The fourth-order valence-corrected chi connectivity index (χ4v) is 2.54. The van der Waals surface area contributed by atoms with E-state index >= 15 is 0 Å². The zero-order chi connectivity index (χ0) is 13.3. The highest BCUT2D eigenvalue weighted by Gasteiger charge is 2.19. The molecule has 0 fully saturated rings. The molecule has 1 aromatic carbocycles. The Morgan fingerprint density at radius 2 is 2.11 bits per heavy atom. The van der Waals surface area contributed by atoms with E-state index in [-0.39, 0.29) is 5.75 Å². The van der Waals surface area contributed by atoms with Crippen molar-refractivity contribution in [1.82, 2.24) is 4.57 Å². The molecule has 0 bridgehead atoms. The Balaban J connectivity index is 2.86. The monoisotopic (exact) mass is 242 g/mol. The third kappa shape index (κ3) is 1.84. The molecule has 0 saturated carbocycles. The van der Waals surface area contributed by atoms with Crippen LogP contribution >= 0.6 is 0 Å². The van der Waals surface area contributed by atoms with Crippen LogP contribution in [0.5, 0.6) is 5.75 Å². The second-order valence-electron chi connectivity index (χ2n) is 4.88. The van der Waals surface area contributed by atoms with Crippen molar-refractivity contribution in [3.8, 4) is 11.8 Å². The number of aryl methyl sites for hydroxylation is 1. The van der Waals surface area contributed by atoms with Gasteiger partial charge in [0.25, 0.3) is 0 Å². The van der Waals surface area contributed by atoms with E-state index < -0.39 is 0 Å². The van der Waals surface area contributed by atoms with E-state index in [4.69, 9.17) is 0 Å². The molecule has 2 aromatic rings. The molecule has 0 aliphatic heterocycles. The summed E-state index contributed by atoms with van der Waals surface area (Å²) >= 11 is 0. The van der Waals surface area contributed by atoms with Gasteiger partial charge in [0.1, 0.15) is 11.8 Å². The van der Waals surface area contributed by atoms with Gasteiger partial charge in [0, 0.05) is 23.1 Å². The highest BCUT2D eigenvalue weighted by Crippen LogP contribution is 2.32. The second kappa shape index (κ2) is 4.73. The van der Waals surface area contributed by atoms with Crippen molar-refractivity contribution in [3.63, 3.8) is 0 Å². The molecule has 94 valence electrons. The smallest absolute Gasteiger partial charge is 0.116 e. The molecule has 0 spiro atoms. The Morgan fingerprint density at radius 3 is 2.67 bits per heavy atom. The van der Waals surface area contributed by atoms with Gasteiger partial charge < -0.3 is 9.67 Å². The molecule has 3 nitrogen and oxygen atoms in total. The summed E-state index contributed by atoms with van der Waals surface area (Å²) in [7, 11) is 0. The number of aromatic hydroxyl groups is 1. The van der Waals surface area contributed by atoms with Gasteiger partial charge in [-0.05, 0) is 30.5 Å². The lowest BCUT2D eigenvalue weighted by Gasteiger charge is -2.12. The van der Waals surface area contributed by atoms with Gasteiger partial charge in [-0.3, -0.25) is 0 Å². The van der Waals surface area contributed by atoms with Crippen LogP contribution in [0.1, 0.15) is 44.4 Å². The zero-order valence-corrected chi connectivity index (χ0v) is 11.1. The maximum Gasteiger partial charge on any atom is 0.116 e. The number of hydrogen-bond donors (Lipinski definition) is 1. The van der Waals surface area contributed by atoms with E-state index in [1.807, 2.05) is 6.07 Å². The summed E-state index contributed by atoms with van der Waals surface area (Å²) in [6, 6.07) is 7.56. The lowest BCUT2D eigenvalue weighted by molar-refractivity contribution is 0.476. The minimum Gasteiger partial charge on any atom is -0.508 e. The molecule has 1 aromatic heterocycles. The standard InChI is InChI=1S/C15H18N2O/c1-4-7-17-14-6-5-11(18)8-12(14)13(9-16)15(17)10(2)3/h5-6,8,10,18H,4,7H2,1-3H3. The summed E-state index contributed by atoms with van der Waals surface area (Å²) in [6.45, 7) is 7.22. The average molecular weight is 242 g/mol. The van der Waals surface area contributed by atoms with E-state index in [2.05, 4.69) is 31.4 Å². The molecule has 0 aliphatic carbocycles. The Hall–Kier alpha value is -1.95. The topological polar surface area (TPSA) is 49.0 Å². The highest BCUT2D eigenvalue weighted by atomic mass is 16.3. The van der Waals surface area contributed by atoms with Crippen molar-refractivity contribution in [1.29, 1.82) is 5.26 Å². The number of rotatable bonds is 3. The summed E-state index contributed by atoms with van der Waals surface area (Å²) in [6.07, 6.45) is 1.02. The average Bonchev–Trinajstić information content (AvgIpc) is 2.63. The van der Waals surface area contributed by atoms with Crippen LogP contribution in [-0.2, 0) is 6.54 Å².